The Bertz CT molecular complexity index is 1230. The topological polar surface area (TPSA) is 67.9 Å². The molecule has 400 valence electrons. The summed E-state index contributed by atoms with van der Waals surface area (Å²) in [4.78, 5) is 28.4. The SMILES string of the molecule is CCCCCC=CCC=CCCCCCCCC(=O)OCC(CCCCCCCC/C=C\C/C=C\CCCCC)(CCCCCCCC/C=C\C/C=C\CCCCC)CNC(=O)OCCCN(C)C. The van der Waals surface area contributed by atoms with E-state index in [-0.39, 0.29) is 17.5 Å². The summed E-state index contributed by atoms with van der Waals surface area (Å²) < 4.78 is 11.8. The van der Waals surface area contributed by atoms with Gasteiger partial charge in [-0.3, -0.25) is 4.79 Å². The molecule has 0 unspecified atom stereocenters. The largest absolute Gasteiger partial charge is 0.465 e. The zero-order chi connectivity index (χ0) is 50.2. The van der Waals surface area contributed by atoms with Crippen molar-refractivity contribution < 1.29 is 19.1 Å². The van der Waals surface area contributed by atoms with Gasteiger partial charge < -0.3 is 19.7 Å². The number of rotatable bonds is 52. The molecule has 0 fully saturated rings. The molecule has 0 aliphatic carbocycles. The lowest BCUT2D eigenvalue weighted by Gasteiger charge is -2.34. The van der Waals surface area contributed by atoms with E-state index in [1.165, 1.54) is 167 Å². The fourth-order valence-electron chi connectivity index (χ4n) is 8.72. The third kappa shape index (κ3) is 51.3. The first-order valence-corrected chi connectivity index (χ1v) is 29.5. The zero-order valence-electron chi connectivity index (χ0n) is 46.4. The van der Waals surface area contributed by atoms with Crippen LogP contribution in [0.5, 0.6) is 0 Å². The summed E-state index contributed by atoms with van der Waals surface area (Å²) in [6.07, 6.45) is 72.7. The summed E-state index contributed by atoms with van der Waals surface area (Å²) in [6.45, 7) is 8.90. The van der Waals surface area contributed by atoms with E-state index < -0.39 is 0 Å². The Kier molecular flexibility index (Phi) is 52.2. The van der Waals surface area contributed by atoms with Gasteiger partial charge in [-0.05, 0) is 136 Å². The van der Waals surface area contributed by atoms with Gasteiger partial charge in [0.2, 0.25) is 0 Å². The molecule has 0 saturated carbocycles. The maximum atomic E-state index is 13.3. The second kappa shape index (κ2) is 54.5. The average molecular weight is 964 g/mol. The smallest absolute Gasteiger partial charge is 0.407 e. The molecule has 0 aromatic rings. The van der Waals surface area contributed by atoms with Gasteiger partial charge in [-0.2, -0.15) is 0 Å². The number of nitrogens with zero attached hydrogens (tertiary/aromatic N) is 1. The number of alkyl carbamates (subject to hydrolysis) is 1. The Morgan fingerprint density at radius 2 is 0.768 bits per heavy atom. The van der Waals surface area contributed by atoms with Gasteiger partial charge in [-0.1, -0.05) is 216 Å². The molecule has 0 bridgehead atoms. The highest BCUT2D eigenvalue weighted by molar-refractivity contribution is 5.69. The summed E-state index contributed by atoms with van der Waals surface area (Å²) >= 11 is 0. The van der Waals surface area contributed by atoms with Crippen molar-refractivity contribution >= 4 is 12.1 Å². The molecule has 0 aliphatic rings. The monoisotopic (exact) mass is 963 g/mol. The predicted octanol–water partition coefficient (Wildman–Crippen LogP) is 19.4. The first-order chi connectivity index (χ1) is 33.9. The third-order valence-corrected chi connectivity index (χ3v) is 13.3. The Hall–Kier alpha value is -2.86. The molecular weight excluding hydrogens is 849 g/mol. The van der Waals surface area contributed by atoms with Crippen LogP contribution in [0.3, 0.4) is 0 Å². The maximum Gasteiger partial charge on any atom is 0.407 e. The van der Waals surface area contributed by atoms with E-state index in [1.54, 1.807) is 0 Å². The Morgan fingerprint density at radius 3 is 1.14 bits per heavy atom. The fraction of sp³-hybridized carbons (Fsp3) is 0.778. The molecule has 0 aromatic heterocycles. The van der Waals surface area contributed by atoms with Gasteiger partial charge in [-0.25, -0.2) is 4.79 Å². The van der Waals surface area contributed by atoms with Crippen LogP contribution in [-0.4, -0.2) is 57.4 Å². The second-order valence-corrected chi connectivity index (χ2v) is 20.5. The molecular formula is C63H114N2O4. The Balaban J connectivity index is 5.20. The number of esters is 1. The van der Waals surface area contributed by atoms with Crippen molar-refractivity contribution in [3.63, 3.8) is 0 Å². The average Bonchev–Trinajstić information content (AvgIpc) is 3.34. The van der Waals surface area contributed by atoms with E-state index in [4.69, 9.17) is 9.47 Å². The summed E-state index contributed by atoms with van der Waals surface area (Å²) in [5, 5.41) is 3.15. The van der Waals surface area contributed by atoms with Crippen molar-refractivity contribution in [2.24, 2.45) is 5.41 Å². The molecule has 6 heteroatoms. The van der Waals surface area contributed by atoms with Crippen LogP contribution in [0.15, 0.2) is 72.9 Å². The molecule has 1 N–H and O–H groups in total. The molecule has 0 heterocycles. The lowest BCUT2D eigenvalue weighted by Crippen LogP contribution is -2.41. The lowest BCUT2D eigenvalue weighted by molar-refractivity contribution is -0.147. The summed E-state index contributed by atoms with van der Waals surface area (Å²) in [7, 11) is 4.07. The minimum absolute atomic E-state index is 0.0922. The van der Waals surface area contributed by atoms with Crippen molar-refractivity contribution in [2.75, 3.05) is 40.4 Å². The molecule has 0 rings (SSSR count). The standard InChI is InChI=1S/C63H114N2O4/c1-6-9-12-15-18-21-24-27-30-33-36-39-42-45-48-51-55-63(59-64-62(67)68-58-53-57-65(4)5,56-52-49-46-43-40-37-34-31-28-25-22-19-16-13-10-7-2)60-69-61(66)54-50-47-44-41-38-35-32-29-26-23-20-17-14-11-8-3/h18-23,27-32H,6-17,24-26,33-60H2,1-5H3,(H,64,67)/b21-18-,22-19-,23-20?,30-27-,31-28-,32-29?. The van der Waals surface area contributed by atoms with Gasteiger partial charge in [0, 0.05) is 24.9 Å². The van der Waals surface area contributed by atoms with E-state index in [1.807, 2.05) is 14.1 Å². The lowest BCUT2D eigenvalue weighted by atomic mass is 9.78. The van der Waals surface area contributed by atoms with Crippen LogP contribution in [0, 0.1) is 5.41 Å². The minimum Gasteiger partial charge on any atom is -0.465 e. The molecule has 69 heavy (non-hydrogen) atoms. The van der Waals surface area contributed by atoms with Crippen molar-refractivity contribution in [2.45, 2.75) is 271 Å². The molecule has 1 amide bonds. The van der Waals surface area contributed by atoms with Crippen LogP contribution >= 0.6 is 0 Å². The molecule has 0 aromatic carbocycles. The van der Waals surface area contributed by atoms with E-state index in [0.717, 1.165) is 83.6 Å². The normalized spacial score (nSPS) is 12.5. The number of allylic oxidation sites excluding steroid dienone is 12. The first-order valence-electron chi connectivity index (χ1n) is 29.5. The van der Waals surface area contributed by atoms with Crippen LogP contribution in [0.2, 0.25) is 0 Å². The Labute approximate surface area is 429 Å². The number of unbranched alkanes of at least 4 members (excludes halogenated alkanes) is 26. The first kappa shape index (κ1) is 66.1. The van der Waals surface area contributed by atoms with E-state index in [2.05, 4.69) is 104 Å². The number of ether oxygens (including phenoxy) is 2. The highest BCUT2D eigenvalue weighted by Crippen LogP contribution is 2.33. The van der Waals surface area contributed by atoms with E-state index >= 15 is 0 Å². The zero-order valence-corrected chi connectivity index (χ0v) is 46.4. The van der Waals surface area contributed by atoms with Crippen LogP contribution in [0.25, 0.3) is 0 Å². The number of amides is 1. The van der Waals surface area contributed by atoms with Crippen LogP contribution in [0.4, 0.5) is 4.79 Å². The van der Waals surface area contributed by atoms with Gasteiger partial charge in [0.15, 0.2) is 0 Å². The maximum absolute atomic E-state index is 13.3. The minimum atomic E-state index is -0.358. The van der Waals surface area contributed by atoms with Gasteiger partial charge in [-0.15, -0.1) is 0 Å². The van der Waals surface area contributed by atoms with Gasteiger partial charge >= 0.3 is 12.1 Å². The molecule has 0 spiro atoms. The van der Waals surface area contributed by atoms with Gasteiger partial charge in [0.25, 0.3) is 0 Å². The highest BCUT2D eigenvalue weighted by atomic mass is 16.5. The number of nitrogens with one attached hydrogen (secondary N) is 1. The molecule has 0 aliphatic heterocycles. The van der Waals surface area contributed by atoms with E-state index in [0.29, 0.717) is 26.2 Å². The van der Waals surface area contributed by atoms with Crippen molar-refractivity contribution in [3.05, 3.63) is 72.9 Å². The molecule has 0 saturated heterocycles. The highest BCUT2D eigenvalue weighted by Gasteiger charge is 2.32. The summed E-state index contributed by atoms with van der Waals surface area (Å²) in [6, 6.07) is 0. The second-order valence-electron chi connectivity index (χ2n) is 20.5. The number of hydrogen-bond acceptors (Lipinski definition) is 5. The molecule has 0 radical (unpaired) electrons. The third-order valence-electron chi connectivity index (χ3n) is 13.3. The van der Waals surface area contributed by atoms with Crippen molar-refractivity contribution in [3.8, 4) is 0 Å². The predicted molar refractivity (Wildman–Crippen MR) is 303 cm³/mol. The van der Waals surface area contributed by atoms with Crippen molar-refractivity contribution in [1.82, 2.24) is 10.2 Å². The number of carbonyl (C=O) groups excluding carboxylic acids is 2. The van der Waals surface area contributed by atoms with Crippen LogP contribution in [0.1, 0.15) is 271 Å². The van der Waals surface area contributed by atoms with Gasteiger partial charge in [0.05, 0.1) is 13.2 Å². The van der Waals surface area contributed by atoms with Gasteiger partial charge in [0.1, 0.15) is 0 Å². The fourth-order valence-corrected chi connectivity index (χ4v) is 8.72. The van der Waals surface area contributed by atoms with Crippen LogP contribution in [-0.2, 0) is 14.3 Å². The number of carbonyl (C=O) groups is 2. The Morgan fingerprint density at radius 1 is 0.420 bits per heavy atom. The molecule has 0 atom stereocenters. The number of hydrogen-bond donors (Lipinski definition) is 1. The summed E-state index contributed by atoms with van der Waals surface area (Å²) in [5.74, 6) is -0.0922. The quantitative estimate of drug-likeness (QED) is 0.0374. The van der Waals surface area contributed by atoms with Crippen molar-refractivity contribution in [1.29, 1.82) is 0 Å². The van der Waals surface area contributed by atoms with Crippen LogP contribution < -0.4 is 5.32 Å². The van der Waals surface area contributed by atoms with E-state index in [9.17, 15) is 9.59 Å². The molecule has 6 nitrogen and oxygen atoms in total. The summed E-state index contributed by atoms with van der Waals surface area (Å²) in [5.41, 5.74) is -0.291.